The van der Waals surface area contributed by atoms with Gasteiger partial charge in [-0.05, 0) is 18.2 Å². The van der Waals surface area contributed by atoms with Gasteiger partial charge in [-0.2, -0.15) is 5.90 Å². The highest BCUT2D eigenvalue weighted by Gasteiger charge is 2.16. The number of hydrogen-bond donors (Lipinski definition) is 3. The van der Waals surface area contributed by atoms with Crippen molar-refractivity contribution >= 4 is 11.9 Å². The number of benzene rings is 1. The number of rotatable bonds is 3. The highest BCUT2D eigenvalue weighted by Crippen LogP contribution is 2.17. The van der Waals surface area contributed by atoms with Crippen LogP contribution in [0, 0.1) is 0 Å². The summed E-state index contributed by atoms with van der Waals surface area (Å²) in [4.78, 5) is 25.5. The Kier molecular flexibility index (Phi) is 2.68. The highest BCUT2D eigenvalue weighted by molar-refractivity contribution is 6.01. The summed E-state index contributed by atoms with van der Waals surface area (Å²) in [7, 11) is 0. The molecular weight excluding hydrogens is 190 g/mol. The molecule has 0 bridgehead atoms. The molecule has 1 aromatic carbocycles. The van der Waals surface area contributed by atoms with Crippen molar-refractivity contribution in [2.24, 2.45) is 5.90 Å². The lowest BCUT2D eigenvalue weighted by molar-refractivity contribution is 0.0651. The molecule has 14 heavy (non-hydrogen) atoms. The van der Waals surface area contributed by atoms with Crippen molar-refractivity contribution in [1.82, 2.24) is 0 Å². The molecule has 6 nitrogen and oxygen atoms in total. The molecule has 0 spiro atoms. The molecule has 0 atom stereocenters. The van der Waals surface area contributed by atoms with E-state index in [9.17, 15) is 9.59 Å². The zero-order valence-corrected chi connectivity index (χ0v) is 6.93. The highest BCUT2D eigenvalue weighted by atomic mass is 16.6. The van der Waals surface area contributed by atoms with Gasteiger partial charge in [0.1, 0.15) is 5.75 Å². The molecule has 0 unspecified atom stereocenters. The van der Waals surface area contributed by atoms with Crippen LogP contribution in [0.3, 0.4) is 0 Å². The zero-order valence-electron chi connectivity index (χ0n) is 6.93. The number of aromatic carboxylic acids is 2. The second-order valence-electron chi connectivity index (χ2n) is 2.44. The zero-order chi connectivity index (χ0) is 10.7. The normalized spacial score (nSPS) is 9.50. The summed E-state index contributed by atoms with van der Waals surface area (Å²) in [5.74, 6) is 2.23. The Bertz CT molecular complexity index is 387. The van der Waals surface area contributed by atoms with Gasteiger partial charge in [-0.1, -0.05) is 0 Å². The van der Waals surface area contributed by atoms with Gasteiger partial charge in [0.25, 0.3) is 0 Å². The molecule has 4 N–H and O–H groups in total. The number of carboxylic acid groups (broad SMARTS) is 2. The fourth-order valence-electron chi connectivity index (χ4n) is 0.960. The van der Waals surface area contributed by atoms with E-state index in [1.54, 1.807) is 0 Å². The number of hydrogen-bond acceptors (Lipinski definition) is 4. The summed E-state index contributed by atoms with van der Waals surface area (Å²) in [6.45, 7) is 0. The summed E-state index contributed by atoms with van der Waals surface area (Å²) in [5.41, 5.74) is -0.668. The minimum absolute atomic E-state index is 0.0902. The summed E-state index contributed by atoms with van der Waals surface area (Å²) >= 11 is 0. The Morgan fingerprint density at radius 3 is 2.14 bits per heavy atom. The second-order valence-corrected chi connectivity index (χ2v) is 2.44. The Hall–Kier alpha value is -2.08. The van der Waals surface area contributed by atoms with Crippen LogP contribution in [0.15, 0.2) is 18.2 Å². The van der Waals surface area contributed by atoms with Crippen molar-refractivity contribution in [1.29, 1.82) is 0 Å². The summed E-state index contributed by atoms with van der Waals surface area (Å²) in [5, 5.41) is 17.3. The topological polar surface area (TPSA) is 110 Å². The second kappa shape index (κ2) is 3.75. The number of nitrogens with two attached hydrogens (primary N) is 1. The van der Waals surface area contributed by atoms with E-state index < -0.39 is 11.9 Å². The summed E-state index contributed by atoms with van der Waals surface area (Å²) in [6, 6.07) is 3.44. The van der Waals surface area contributed by atoms with Gasteiger partial charge in [0.05, 0.1) is 11.1 Å². The van der Waals surface area contributed by atoms with Gasteiger partial charge in [0.15, 0.2) is 0 Å². The van der Waals surface area contributed by atoms with E-state index in [1.165, 1.54) is 6.07 Å². The summed E-state index contributed by atoms with van der Waals surface area (Å²) in [6.07, 6.45) is 0. The Balaban J connectivity index is 3.31. The smallest absolute Gasteiger partial charge is 0.336 e. The molecule has 0 saturated heterocycles. The van der Waals surface area contributed by atoms with E-state index in [2.05, 4.69) is 4.84 Å². The largest absolute Gasteiger partial charge is 0.478 e. The molecule has 0 aliphatic heterocycles. The SMILES string of the molecule is NOc1ccc(C(=O)O)c(C(=O)O)c1. The van der Waals surface area contributed by atoms with Crippen LogP contribution < -0.4 is 10.7 Å². The maximum atomic E-state index is 10.6. The Morgan fingerprint density at radius 2 is 1.71 bits per heavy atom. The maximum absolute atomic E-state index is 10.6. The molecule has 0 radical (unpaired) electrons. The fraction of sp³-hybridized carbons (Fsp3) is 0. The third-order valence-electron chi connectivity index (χ3n) is 1.59. The first-order valence-electron chi connectivity index (χ1n) is 3.53. The minimum atomic E-state index is -1.35. The predicted molar refractivity (Wildman–Crippen MR) is 45.2 cm³/mol. The van der Waals surface area contributed by atoms with Crippen molar-refractivity contribution in [3.8, 4) is 5.75 Å². The van der Waals surface area contributed by atoms with Crippen molar-refractivity contribution in [2.45, 2.75) is 0 Å². The van der Waals surface area contributed by atoms with Gasteiger partial charge in [-0.25, -0.2) is 9.59 Å². The number of carboxylic acids is 2. The molecule has 0 aliphatic carbocycles. The predicted octanol–water partition coefficient (Wildman–Crippen LogP) is 0.336. The summed E-state index contributed by atoms with van der Waals surface area (Å²) < 4.78 is 0. The van der Waals surface area contributed by atoms with E-state index in [0.717, 1.165) is 12.1 Å². The molecule has 0 fully saturated rings. The lowest BCUT2D eigenvalue weighted by Crippen LogP contribution is -2.09. The van der Waals surface area contributed by atoms with Gasteiger partial charge in [-0.3, -0.25) is 0 Å². The third-order valence-corrected chi connectivity index (χ3v) is 1.59. The quantitative estimate of drug-likeness (QED) is 0.602. The molecule has 0 saturated carbocycles. The molecule has 0 heterocycles. The van der Waals surface area contributed by atoms with Crippen LogP contribution in [0.25, 0.3) is 0 Å². The van der Waals surface area contributed by atoms with Crippen molar-refractivity contribution in [3.05, 3.63) is 29.3 Å². The number of carbonyl (C=O) groups is 2. The average Bonchev–Trinajstić information content (AvgIpc) is 2.16. The Labute approximate surface area is 78.5 Å². The molecule has 74 valence electrons. The lowest BCUT2D eigenvalue weighted by atomic mass is 10.1. The van der Waals surface area contributed by atoms with Crippen molar-refractivity contribution < 1.29 is 24.6 Å². The van der Waals surface area contributed by atoms with E-state index in [-0.39, 0.29) is 16.9 Å². The molecule has 6 heteroatoms. The fourth-order valence-corrected chi connectivity index (χ4v) is 0.960. The van der Waals surface area contributed by atoms with Gasteiger partial charge in [0.2, 0.25) is 0 Å². The molecule has 1 aromatic rings. The standard InChI is InChI=1S/C8H7NO5/c9-14-4-1-2-5(7(10)11)6(3-4)8(12)13/h1-3H,9H2,(H,10,11)(H,12,13). The minimum Gasteiger partial charge on any atom is -0.478 e. The van der Waals surface area contributed by atoms with Gasteiger partial charge in [0, 0.05) is 0 Å². The van der Waals surface area contributed by atoms with Crippen molar-refractivity contribution in [3.63, 3.8) is 0 Å². The van der Waals surface area contributed by atoms with Crippen LogP contribution in [0.2, 0.25) is 0 Å². The van der Waals surface area contributed by atoms with E-state index in [0.29, 0.717) is 0 Å². The lowest BCUT2D eigenvalue weighted by Gasteiger charge is -2.03. The third kappa shape index (κ3) is 1.80. The van der Waals surface area contributed by atoms with Gasteiger partial charge in [-0.15, -0.1) is 0 Å². The van der Waals surface area contributed by atoms with Crippen LogP contribution in [0.5, 0.6) is 5.75 Å². The van der Waals surface area contributed by atoms with E-state index >= 15 is 0 Å². The maximum Gasteiger partial charge on any atom is 0.336 e. The van der Waals surface area contributed by atoms with Crippen LogP contribution in [0.4, 0.5) is 0 Å². The van der Waals surface area contributed by atoms with E-state index in [1.807, 2.05) is 0 Å². The van der Waals surface area contributed by atoms with Crippen LogP contribution in [0.1, 0.15) is 20.7 Å². The van der Waals surface area contributed by atoms with E-state index in [4.69, 9.17) is 16.1 Å². The first-order valence-corrected chi connectivity index (χ1v) is 3.53. The van der Waals surface area contributed by atoms with Crippen LogP contribution in [-0.2, 0) is 0 Å². The molecular formula is C8H7NO5. The average molecular weight is 197 g/mol. The van der Waals surface area contributed by atoms with Gasteiger partial charge >= 0.3 is 11.9 Å². The van der Waals surface area contributed by atoms with Crippen LogP contribution >= 0.6 is 0 Å². The molecule has 0 amide bonds. The van der Waals surface area contributed by atoms with Crippen LogP contribution in [-0.4, -0.2) is 22.2 Å². The first kappa shape index (κ1) is 10.0. The first-order chi connectivity index (χ1) is 6.56. The Morgan fingerprint density at radius 1 is 1.14 bits per heavy atom. The van der Waals surface area contributed by atoms with Crippen molar-refractivity contribution in [2.75, 3.05) is 0 Å². The molecule has 0 aliphatic rings. The molecule has 1 rings (SSSR count). The monoisotopic (exact) mass is 197 g/mol. The molecule has 0 aromatic heterocycles. The van der Waals surface area contributed by atoms with Gasteiger partial charge < -0.3 is 15.1 Å².